The summed E-state index contributed by atoms with van der Waals surface area (Å²) in [4.78, 5) is 24.2. The van der Waals surface area contributed by atoms with Crippen LogP contribution in [0.1, 0.15) is 56.8 Å². The van der Waals surface area contributed by atoms with Crippen LogP contribution in [0.2, 0.25) is 0 Å². The molecule has 1 atom stereocenters. The Morgan fingerprint density at radius 1 is 1.12 bits per heavy atom. The number of carbonyl (C=O) groups excluding carboxylic acids is 2. The minimum absolute atomic E-state index is 0.219. The molecule has 0 heterocycles. The average Bonchev–Trinajstić information content (AvgIpc) is 3.06. The van der Waals surface area contributed by atoms with Gasteiger partial charge in [-0.3, -0.25) is 4.79 Å². The van der Waals surface area contributed by atoms with E-state index in [1.54, 1.807) is 31.2 Å². The van der Waals surface area contributed by atoms with Crippen molar-refractivity contribution in [3.8, 4) is 5.75 Å². The highest BCUT2D eigenvalue weighted by Gasteiger charge is 2.23. The van der Waals surface area contributed by atoms with Gasteiger partial charge in [0.2, 0.25) is 0 Å². The molecule has 2 rings (SSSR count). The molecule has 132 valence electrons. The van der Waals surface area contributed by atoms with Gasteiger partial charge in [-0.25, -0.2) is 4.79 Å². The first-order valence-electron chi connectivity index (χ1n) is 8.70. The fourth-order valence-electron chi connectivity index (χ4n) is 2.62. The molecule has 0 aliphatic heterocycles. The molecular formula is C19H27NO4. The molecule has 0 aromatic heterocycles. The highest BCUT2D eigenvalue weighted by Crippen LogP contribution is 2.18. The number of rotatable bonds is 7. The summed E-state index contributed by atoms with van der Waals surface area (Å²) in [6.45, 7) is 6.37. The number of hydrogen-bond acceptors (Lipinski definition) is 4. The van der Waals surface area contributed by atoms with Gasteiger partial charge >= 0.3 is 5.97 Å². The fraction of sp³-hybridized carbons (Fsp3) is 0.579. The van der Waals surface area contributed by atoms with Crippen LogP contribution in [0.4, 0.5) is 0 Å². The molecule has 0 saturated heterocycles. The van der Waals surface area contributed by atoms with Gasteiger partial charge in [-0.1, -0.05) is 26.7 Å². The first-order valence-corrected chi connectivity index (χ1v) is 8.70. The molecule has 1 N–H and O–H groups in total. The Balaban J connectivity index is 1.83. The predicted octanol–water partition coefficient (Wildman–Crippen LogP) is 3.33. The Kier molecular flexibility index (Phi) is 6.64. The van der Waals surface area contributed by atoms with Crippen molar-refractivity contribution in [2.75, 3.05) is 6.61 Å². The first-order chi connectivity index (χ1) is 11.5. The maximum Gasteiger partial charge on any atom is 0.338 e. The van der Waals surface area contributed by atoms with Crippen LogP contribution in [-0.2, 0) is 9.53 Å². The Morgan fingerprint density at radius 2 is 1.75 bits per heavy atom. The van der Waals surface area contributed by atoms with E-state index in [1.807, 2.05) is 0 Å². The largest absolute Gasteiger partial charge is 0.493 e. The average molecular weight is 333 g/mol. The number of carbonyl (C=O) groups is 2. The number of amides is 1. The van der Waals surface area contributed by atoms with Gasteiger partial charge in [0.05, 0.1) is 12.2 Å². The van der Waals surface area contributed by atoms with Crippen molar-refractivity contribution in [1.82, 2.24) is 5.32 Å². The molecule has 1 saturated carbocycles. The van der Waals surface area contributed by atoms with Crippen LogP contribution < -0.4 is 10.1 Å². The van der Waals surface area contributed by atoms with Crippen molar-refractivity contribution in [1.29, 1.82) is 0 Å². The molecule has 1 fully saturated rings. The smallest absolute Gasteiger partial charge is 0.338 e. The summed E-state index contributed by atoms with van der Waals surface area (Å²) in [6, 6.07) is 7.00. The number of esters is 1. The van der Waals surface area contributed by atoms with Crippen molar-refractivity contribution in [3.05, 3.63) is 29.8 Å². The normalized spacial score (nSPS) is 16.0. The summed E-state index contributed by atoms with van der Waals surface area (Å²) >= 11 is 0. The lowest BCUT2D eigenvalue weighted by atomic mass is 10.2. The van der Waals surface area contributed by atoms with E-state index in [2.05, 4.69) is 19.2 Å². The Labute approximate surface area is 143 Å². The van der Waals surface area contributed by atoms with Gasteiger partial charge in [-0.05, 0) is 49.9 Å². The minimum atomic E-state index is -0.796. The monoisotopic (exact) mass is 333 g/mol. The van der Waals surface area contributed by atoms with Gasteiger partial charge in [0.1, 0.15) is 5.75 Å². The third-order valence-electron chi connectivity index (χ3n) is 4.03. The summed E-state index contributed by atoms with van der Waals surface area (Å²) in [6.07, 6.45) is 3.50. The fourth-order valence-corrected chi connectivity index (χ4v) is 2.62. The Bertz CT molecular complexity index is 547. The van der Waals surface area contributed by atoms with Crippen molar-refractivity contribution < 1.29 is 19.1 Å². The number of benzene rings is 1. The van der Waals surface area contributed by atoms with Crippen LogP contribution in [0.5, 0.6) is 5.75 Å². The lowest BCUT2D eigenvalue weighted by molar-refractivity contribution is -0.129. The van der Waals surface area contributed by atoms with Gasteiger partial charge in [-0.15, -0.1) is 0 Å². The molecule has 1 aliphatic carbocycles. The summed E-state index contributed by atoms with van der Waals surface area (Å²) in [5.41, 5.74) is 0.410. The molecule has 5 nitrogen and oxygen atoms in total. The molecule has 1 aromatic carbocycles. The quantitative estimate of drug-likeness (QED) is 0.777. The van der Waals surface area contributed by atoms with Crippen LogP contribution >= 0.6 is 0 Å². The molecule has 0 radical (unpaired) electrons. The van der Waals surface area contributed by atoms with E-state index in [9.17, 15) is 9.59 Å². The van der Waals surface area contributed by atoms with Crippen LogP contribution in [0.15, 0.2) is 24.3 Å². The first kappa shape index (κ1) is 18.3. The van der Waals surface area contributed by atoms with E-state index in [0.29, 0.717) is 23.8 Å². The second-order valence-corrected chi connectivity index (χ2v) is 6.77. The van der Waals surface area contributed by atoms with Gasteiger partial charge in [0.15, 0.2) is 6.10 Å². The molecule has 1 aliphatic rings. The molecule has 1 aromatic rings. The topological polar surface area (TPSA) is 64.6 Å². The highest BCUT2D eigenvalue weighted by molar-refractivity contribution is 5.92. The van der Waals surface area contributed by atoms with Crippen molar-refractivity contribution >= 4 is 11.9 Å². The molecule has 5 heteroatoms. The molecule has 0 unspecified atom stereocenters. The molecular weight excluding hydrogens is 306 g/mol. The Hall–Kier alpha value is -2.04. The SMILES string of the molecule is CC(C)COc1ccc(C(=O)O[C@@H](C)C(=O)NC2CCCC2)cc1. The lowest BCUT2D eigenvalue weighted by Gasteiger charge is -2.17. The zero-order valence-electron chi connectivity index (χ0n) is 14.7. The second kappa shape index (κ2) is 8.71. The van der Waals surface area contributed by atoms with Crippen LogP contribution in [0.3, 0.4) is 0 Å². The van der Waals surface area contributed by atoms with E-state index in [-0.39, 0.29) is 11.9 Å². The number of hydrogen-bond donors (Lipinski definition) is 1. The summed E-state index contributed by atoms with van der Waals surface area (Å²) in [7, 11) is 0. The Morgan fingerprint density at radius 3 is 2.33 bits per heavy atom. The second-order valence-electron chi connectivity index (χ2n) is 6.77. The van der Waals surface area contributed by atoms with E-state index < -0.39 is 12.1 Å². The summed E-state index contributed by atoms with van der Waals surface area (Å²) in [5, 5.41) is 2.94. The maximum atomic E-state index is 12.1. The van der Waals surface area contributed by atoms with E-state index in [0.717, 1.165) is 25.7 Å². The number of ether oxygens (including phenoxy) is 2. The maximum absolute atomic E-state index is 12.1. The van der Waals surface area contributed by atoms with Gasteiger partial charge in [0, 0.05) is 6.04 Å². The van der Waals surface area contributed by atoms with Gasteiger partial charge < -0.3 is 14.8 Å². The van der Waals surface area contributed by atoms with E-state index >= 15 is 0 Å². The van der Waals surface area contributed by atoms with Crippen LogP contribution in [0.25, 0.3) is 0 Å². The van der Waals surface area contributed by atoms with E-state index in [1.165, 1.54) is 0 Å². The number of nitrogens with one attached hydrogen (secondary N) is 1. The van der Waals surface area contributed by atoms with Crippen molar-refractivity contribution in [3.63, 3.8) is 0 Å². The zero-order chi connectivity index (χ0) is 17.5. The zero-order valence-corrected chi connectivity index (χ0v) is 14.7. The minimum Gasteiger partial charge on any atom is -0.493 e. The van der Waals surface area contributed by atoms with Crippen molar-refractivity contribution in [2.24, 2.45) is 5.92 Å². The third-order valence-corrected chi connectivity index (χ3v) is 4.03. The van der Waals surface area contributed by atoms with E-state index in [4.69, 9.17) is 9.47 Å². The standard InChI is InChI=1S/C19H27NO4/c1-13(2)12-23-17-10-8-15(9-11-17)19(22)24-14(3)18(21)20-16-6-4-5-7-16/h8-11,13-14,16H,4-7,12H2,1-3H3,(H,20,21)/t14-/m0/s1. The summed E-state index contributed by atoms with van der Waals surface area (Å²) < 4.78 is 10.8. The highest BCUT2D eigenvalue weighted by atomic mass is 16.5. The van der Waals surface area contributed by atoms with Gasteiger partial charge in [0.25, 0.3) is 5.91 Å². The predicted molar refractivity (Wildman–Crippen MR) is 92.1 cm³/mol. The molecule has 1 amide bonds. The lowest BCUT2D eigenvalue weighted by Crippen LogP contribution is -2.40. The molecule has 0 spiro atoms. The van der Waals surface area contributed by atoms with Crippen molar-refractivity contribution in [2.45, 2.75) is 58.6 Å². The summed E-state index contributed by atoms with van der Waals surface area (Å²) in [5.74, 6) is 0.424. The molecule has 24 heavy (non-hydrogen) atoms. The van der Waals surface area contributed by atoms with Gasteiger partial charge in [-0.2, -0.15) is 0 Å². The van der Waals surface area contributed by atoms with Crippen LogP contribution in [-0.4, -0.2) is 30.6 Å². The van der Waals surface area contributed by atoms with Crippen LogP contribution in [0, 0.1) is 5.92 Å². The molecule has 0 bridgehead atoms. The third kappa shape index (κ3) is 5.55.